The van der Waals surface area contributed by atoms with Crippen LogP contribution in [0.3, 0.4) is 0 Å². The number of hydrogen-bond donors (Lipinski definition) is 1. The average molecular weight is 127 g/mol. The summed E-state index contributed by atoms with van der Waals surface area (Å²) in [7, 11) is 0. The van der Waals surface area contributed by atoms with Gasteiger partial charge in [-0.2, -0.15) is 0 Å². The van der Waals surface area contributed by atoms with E-state index in [1.165, 1.54) is 12.2 Å². The number of amides is 2. The Bertz CT molecular complexity index is 146. The molecule has 0 fully saturated rings. The first-order chi connectivity index (χ1) is 4.29. The van der Waals surface area contributed by atoms with Crippen molar-refractivity contribution >= 4 is 18.6 Å². The second kappa shape index (κ2) is 3.54. The molecule has 4 heteroatoms. The summed E-state index contributed by atoms with van der Waals surface area (Å²) in [5.74, 6) is -0.657. The fraction of sp³-hybridized carbons (Fsp3) is 0. The molecule has 1 aliphatic rings. The third kappa shape index (κ3) is 2.38. The van der Waals surface area contributed by atoms with Crippen LogP contribution in [0.4, 0.5) is 0 Å². The molecule has 1 N–H and O–H groups in total. The van der Waals surface area contributed by atoms with Gasteiger partial charge >= 0.3 is 0 Å². The van der Waals surface area contributed by atoms with Crippen LogP contribution in [-0.4, -0.2) is 18.6 Å². The van der Waals surface area contributed by atoms with Crippen molar-refractivity contribution in [1.29, 1.82) is 0 Å². The monoisotopic (exact) mass is 127 g/mol. The van der Waals surface area contributed by atoms with Gasteiger partial charge < -0.3 is 4.79 Å². The van der Waals surface area contributed by atoms with Gasteiger partial charge in [-0.1, -0.05) is 0 Å². The molecule has 0 radical (unpaired) electrons. The highest BCUT2D eigenvalue weighted by Gasteiger charge is 2.06. The first-order valence-electron chi connectivity index (χ1n) is 2.11. The molecular weight excluding hydrogens is 122 g/mol. The van der Waals surface area contributed by atoms with Crippen LogP contribution in [0, 0.1) is 0 Å². The predicted octanol–water partition coefficient (Wildman–Crippen LogP) is -0.986. The number of hydrogen-bond acceptors (Lipinski definition) is 3. The predicted molar refractivity (Wildman–Crippen MR) is 29.4 cm³/mol. The molecule has 4 nitrogen and oxygen atoms in total. The van der Waals surface area contributed by atoms with E-state index in [1.807, 2.05) is 12.1 Å². The summed E-state index contributed by atoms with van der Waals surface area (Å²) in [5, 5.41) is 2.03. The molecule has 0 saturated carbocycles. The van der Waals surface area contributed by atoms with Crippen LogP contribution in [0.2, 0.25) is 0 Å². The van der Waals surface area contributed by atoms with Crippen molar-refractivity contribution in [3.8, 4) is 0 Å². The van der Waals surface area contributed by atoms with Crippen molar-refractivity contribution in [1.82, 2.24) is 5.32 Å². The largest absolute Gasteiger partial charge is 0.307 e. The highest BCUT2D eigenvalue weighted by Crippen LogP contribution is 1.82. The van der Waals surface area contributed by atoms with Crippen molar-refractivity contribution < 1.29 is 14.4 Å². The van der Waals surface area contributed by atoms with Crippen molar-refractivity contribution in [3.05, 3.63) is 12.2 Å². The van der Waals surface area contributed by atoms with Crippen molar-refractivity contribution in [2.75, 3.05) is 0 Å². The normalized spacial score (nSPS) is 14.2. The van der Waals surface area contributed by atoms with E-state index in [0.29, 0.717) is 0 Å². The van der Waals surface area contributed by atoms with Gasteiger partial charge in [0, 0.05) is 12.2 Å². The maximum Gasteiger partial charge on any atom is 0.250 e. The van der Waals surface area contributed by atoms with Crippen LogP contribution >= 0.6 is 0 Å². The molecule has 1 aliphatic heterocycles. The lowest BCUT2D eigenvalue weighted by Crippen LogP contribution is -2.19. The maximum atomic E-state index is 10.0. The smallest absolute Gasteiger partial charge is 0.250 e. The first-order valence-corrected chi connectivity index (χ1v) is 2.11. The zero-order chi connectivity index (χ0) is 7.28. The van der Waals surface area contributed by atoms with E-state index in [0.717, 1.165) is 0 Å². The Labute approximate surface area is 51.5 Å². The van der Waals surface area contributed by atoms with Gasteiger partial charge in [-0.05, 0) is 0 Å². The quantitative estimate of drug-likeness (QED) is 0.425. The van der Waals surface area contributed by atoms with E-state index in [4.69, 9.17) is 4.79 Å². The third-order valence-electron chi connectivity index (χ3n) is 0.632. The molecule has 0 aliphatic carbocycles. The molecule has 0 unspecified atom stereocenters. The summed E-state index contributed by atoms with van der Waals surface area (Å²) < 4.78 is 0. The lowest BCUT2D eigenvalue weighted by Gasteiger charge is -1.80. The number of nitrogens with one attached hydrogen (secondary N) is 1. The molecule has 0 aromatic heterocycles. The summed E-state index contributed by atoms with van der Waals surface area (Å²) in [6.07, 6.45) is 2.39. The Hall–Kier alpha value is -1.45. The van der Waals surface area contributed by atoms with Crippen LogP contribution in [0.15, 0.2) is 12.2 Å². The molecule has 0 saturated heterocycles. The van der Waals surface area contributed by atoms with Gasteiger partial charge in [-0.15, -0.1) is 0 Å². The molecule has 0 aromatic carbocycles. The molecule has 0 atom stereocenters. The molecule has 9 heavy (non-hydrogen) atoms. The van der Waals surface area contributed by atoms with E-state index in [1.54, 1.807) is 0 Å². The fourth-order valence-electron chi connectivity index (χ4n) is 0.356. The van der Waals surface area contributed by atoms with Crippen molar-refractivity contribution in [3.63, 3.8) is 0 Å². The Kier molecular flexibility index (Phi) is 2.97. The Morgan fingerprint density at radius 1 is 1.11 bits per heavy atom. The van der Waals surface area contributed by atoms with Crippen LogP contribution in [0.5, 0.6) is 0 Å². The van der Waals surface area contributed by atoms with Crippen LogP contribution in [-0.2, 0) is 14.4 Å². The summed E-state index contributed by atoms with van der Waals surface area (Å²) in [5.41, 5.74) is 0. The van der Waals surface area contributed by atoms with E-state index in [9.17, 15) is 9.59 Å². The van der Waals surface area contributed by atoms with Gasteiger partial charge in [0.1, 0.15) is 6.79 Å². The number of carbonyl (C=O) groups excluding carboxylic acids is 3. The highest BCUT2D eigenvalue weighted by molar-refractivity contribution is 6.12. The molecule has 0 aromatic rings. The van der Waals surface area contributed by atoms with Crippen molar-refractivity contribution in [2.24, 2.45) is 0 Å². The summed E-state index contributed by atoms with van der Waals surface area (Å²) in [6, 6.07) is 0. The minimum atomic E-state index is -0.329. The zero-order valence-electron chi connectivity index (χ0n) is 4.59. The van der Waals surface area contributed by atoms with Gasteiger partial charge in [0.15, 0.2) is 0 Å². The van der Waals surface area contributed by atoms with E-state index < -0.39 is 0 Å². The zero-order valence-corrected chi connectivity index (χ0v) is 4.59. The van der Waals surface area contributed by atoms with Gasteiger partial charge in [-0.25, -0.2) is 0 Å². The highest BCUT2D eigenvalue weighted by atomic mass is 16.2. The van der Waals surface area contributed by atoms with Crippen LogP contribution < -0.4 is 5.32 Å². The molecule has 48 valence electrons. The van der Waals surface area contributed by atoms with E-state index >= 15 is 0 Å². The van der Waals surface area contributed by atoms with Crippen LogP contribution in [0.25, 0.3) is 0 Å². The van der Waals surface area contributed by atoms with Gasteiger partial charge in [-0.3, -0.25) is 14.9 Å². The standard InChI is InChI=1S/C4H3NO2.CH2O/c6-3-1-2-4(7)5-3;1-2/h1-2H,(H,5,6,7);1H2. The number of imide groups is 1. The fourth-order valence-corrected chi connectivity index (χ4v) is 0.356. The summed E-state index contributed by atoms with van der Waals surface area (Å²) >= 11 is 0. The second-order valence-corrected chi connectivity index (χ2v) is 1.19. The lowest BCUT2D eigenvalue weighted by molar-refractivity contribution is -0.123. The Morgan fingerprint density at radius 2 is 1.44 bits per heavy atom. The van der Waals surface area contributed by atoms with Gasteiger partial charge in [0.2, 0.25) is 0 Å². The van der Waals surface area contributed by atoms with Gasteiger partial charge in [0.05, 0.1) is 0 Å². The number of carbonyl (C=O) groups is 3. The first kappa shape index (κ1) is 7.55. The maximum absolute atomic E-state index is 10.0. The summed E-state index contributed by atoms with van der Waals surface area (Å²) in [6.45, 7) is 2.00. The average Bonchev–Trinajstić information content (AvgIpc) is 2.20. The SMILES string of the molecule is C=O.O=C1C=CC(=O)N1. The minimum absolute atomic E-state index is 0.329. The van der Waals surface area contributed by atoms with Gasteiger partial charge in [0.25, 0.3) is 11.8 Å². The Morgan fingerprint density at radius 3 is 1.56 bits per heavy atom. The van der Waals surface area contributed by atoms with Crippen LogP contribution in [0.1, 0.15) is 0 Å². The molecule has 1 heterocycles. The molecule has 0 spiro atoms. The Balaban J connectivity index is 0.000000291. The van der Waals surface area contributed by atoms with Crippen molar-refractivity contribution in [2.45, 2.75) is 0 Å². The second-order valence-electron chi connectivity index (χ2n) is 1.19. The lowest BCUT2D eigenvalue weighted by atomic mass is 10.6. The number of rotatable bonds is 0. The molecular formula is C5H5NO3. The van der Waals surface area contributed by atoms with E-state index in [2.05, 4.69) is 0 Å². The molecule has 2 amide bonds. The third-order valence-corrected chi connectivity index (χ3v) is 0.632. The van der Waals surface area contributed by atoms with E-state index in [-0.39, 0.29) is 11.8 Å². The topological polar surface area (TPSA) is 63.2 Å². The molecule has 0 bridgehead atoms. The minimum Gasteiger partial charge on any atom is -0.307 e. The molecule has 1 rings (SSSR count). The summed E-state index contributed by atoms with van der Waals surface area (Å²) in [4.78, 5) is 28.1.